The Kier molecular flexibility index (Phi) is 6.46. The minimum absolute atomic E-state index is 0.140. The molecule has 6 nitrogen and oxygen atoms in total. The fourth-order valence-electron chi connectivity index (χ4n) is 3.53. The topological polar surface area (TPSA) is 73.0 Å². The third-order valence-electron chi connectivity index (χ3n) is 5.08. The number of amides is 1. The van der Waals surface area contributed by atoms with E-state index in [4.69, 9.17) is 16.0 Å². The van der Waals surface area contributed by atoms with Crippen molar-refractivity contribution in [2.24, 2.45) is 0 Å². The summed E-state index contributed by atoms with van der Waals surface area (Å²) in [6, 6.07) is 28.7. The van der Waals surface area contributed by atoms with Crippen LogP contribution in [0.3, 0.4) is 0 Å². The van der Waals surface area contributed by atoms with E-state index in [0.29, 0.717) is 21.8 Å². The molecule has 0 saturated carbocycles. The van der Waals surface area contributed by atoms with Gasteiger partial charge in [-0.3, -0.25) is 9.36 Å². The number of nitrogens with zero attached hydrogens (tertiary/aromatic N) is 3. The third-order valence-corrected chi connectivity index (χ3v) is 6.26. The lowest BCUT2D eigenvalue weighted by atomic mass is 10.0. The van der Waals surface area contributed by atoms with Gasteiger partial charge >= 0.3 is 0 Å². The highest BCUT2D eigenvalue weighted by molar-refractivity contribution is 7.99. The standard InChI is InChI=1S/C26H19ClN4O2S/c27-19-12-14-20(15-13-19)31-25(23-11-6-16-33-23)29-30-26(31)34-17-24(32)28-22-10-5-4-9-21(22)18-7-2-1-3-8-18/h1-16H,17H2,(H,28,32). The fourth-order valence-corrected chi connectivity index (χ4v) is 4.41. The van der Waals surface area contributed by atoms with Crippen LogP contribution in [0.15, 0.2) is 107 Å². The predicted octanol–water partition coefficient (Wildman–Crippen LogP) is 6.58. The molecule has 5 rings (SSSR count). The lowest BCUT2D eigenvalue weighted by Crippen LogP contribution is -2.15. The number of halogens is 1. The van der Waals surface area contributed by atoms with E-state index in [1.807, 2.05) is 77.4 Å². The molecule has 0 aliphatic carbocycles. The molecule has 0 aliphatic heterocycles. The van der Waals surface area contributed by atoms with Gasteiger partial charge in [0.1, 0.15) is 0 Å². The summed E-state index contributed by atoms with van der Waals surface area (Å²) in [7, 11) is 0. The van der Waals surface area contributed by atoms with Crippen molar-refractivity contribution in [2.45, 2.75) is 5.16 Å². The Morgan fingerprint density at radius 2 is 1.68 bits per heavy atom. The van der Waals surface area contributed by atoms with Gasteiger partial charge in [-0.05, 0) is 48.0 Å². The number of hydrogen-bond acceptors (Lipinski definition) is 5. The Morgan fingerprint density at radius 3 is 2.44 bits per heavy atom. The van der Waals surface area contributed by atoms with Crippen molar-refractivity contribution in [3.05, 3.63) is 102 Å². The van der Waals surface area contributed by atoms with Crippen molar-refractivity contribution in [1.82, 2.24) is 14.8 Å². The molecule has 5 aromatic rings. The molecule has 0 aliphatic rings. The highest BCUT2D eigenvalue weighted by atomic mass is 35.5. The zero-order chi connectivity index (χ0) is 23.3. The van der Waals surface area contributed by atoms with Crippen molar-refractivity contribution < 1.29 is 9.21 Å². The maximum atomic E-state index is 12.9. The van der Waals surface area contributed by atoms with E-state index in [1.54, 1.807) is 24.5 Å². The number of thioether (sulfide) groups is 1. The Bertz CT molecular complexity index is 1400. The zero-order valence-electron chi connectivity index (χ0n) is 17.9. The van der Waals surface area contributed by atoms with Gasteiger partial charge in [0.25, 0.3) is 0 Å². The Labute approximate surface area is 205 Å². The average molecular weight is 487 g/mol. The number of hydrogen-bond donors (Lipinski definition) is 1. The van der Waals surface area contributed by atoms with Crippen LogP contribution in [0.5, 0.6) is 0 Å². The Hall–Kier alpha value is -3.81. The second kappa shape index (κ2) is 9.99. The largest absolute Gasteiger partial charge is 0.461 e. The van der Waals surface area contributed by atoms with E-state index in [-0.39, 0.29) is 11.7 Å². The SMILES string of the molecule is O=C(CSc1nnc(-c2ccco2)n1-c1ccc(Cl)cc1)Nc1ccccc1-c1ccccc1. The average Bonchev–Trinajstić information content (AvgIpc) is 3.54. The molecule has 1 N–H and O–H groups in total. The molecule has 34 heavy (non-hydrogen) atoms. The summed E-state index contributed by atoms with van der Waals surface area (Å²) in [5.41, 5.74) is 3.58. The van der Waals surface area contributed by atoms with E-state index < -0.39 is 0 Å². The number of carbonyl (C=O) groups is 1. The molecule has 0 fully saturated rings. The van der Waals surface area contributed by atoms with Crippen molar-refractivity contribution in [2.75, 3.05) is 11.1 Å². The molecule has 0 atom stereocenters. The van der Waals surface area contributed by atoms with Crippen molar-refractivity contribution in [3.63, 3.8) is 0 Å². The molecule has 0 saturated heterocycles. The van der Waals surface area contributed by atoms with E-state index >= 15 is 0 Å². The first-order valence-electron chi connectivity index (χ1n) is 10.5. The Balaban J connectivity index is 1.37. The van der Waals surface area contributed by atoms with Crippen LogP contribution < -0.4 is 5.32 Å². The van der Waals surface area contributed by atoms with Crippen LogP contribution in [-0.2, 0) is 4.79 Å². The molecule has 2 aromatic heterocycles. The highest BCUT2D eigenvalue weighted by Crippen LogP contribution is 2.30. The molecule has 8 heteroatoms. The van der Waals surface area contributed by atoms with Crippen LogP contribution >= 0.6 is 23.4 Å². The summed E-state index contributed by atoms with van der Waals surface area (Å²) in [6.07, 6.45) is 1.58. The van der Waals surface area contributed by atoms with Crippen LogP contribution in [0.2, 0.25) is 5.02 Å². The summed E-state index contributed by atoms with van der Waals surface area (Å²) < 4.78 is 7.39. The molecule has 2 heterocycles. The quantitative estimate of drug-likeness (QED) is 0.263. The van der Waals surface area contributed by atoms with Crippen molar-refractivity contribution in [1.29, 1.82) is 0 Å². The lowest BCUT2D eigenvalue weighted by molar-refractivity contribution is -0.113. The number of carbonyl (C=O) groups excluding carboxylic acids is 1. The number of furan rings is 1. The Morgan fingerprint density at radius 1 is 0.912 bits per heavy atom. The van der Waals surface area contributed by atoms with Crippen molar-refractivity contribution in [3.8, 4) is 28.4 Å². The van der Waals surface area contributed by atoms with Crippen LogP contribution in [0.4, 0.5) is 5.69 Å². The van der Waals surface area contributed by atoms with E-state index in [2.05, 4.69) is 15.5 Å². The van der Waals surface area contributed by atoms with Gasteiger partial charge in [0.15, 0.2) is 10.9 Å². The summed E-state index contributed by atoms with van der Waals surface area (Å²) in [5, 5.41) is 12.8. The molecule has 0 bridgehead atoms. The third kappa shape index (κ3) is 4.76. The molecule has 1 amide bonds. The molecule has 0 spiro atoms. The normalized spacial score (nSPS) is 10.9. The minimum atomic E-state index is -0.140. The number of benzene rings is 3. The zero-order valence-corrected chi connectivity index (χ0v) is 19.5. The first-order chi connectivity index (χ1) is 16.7. The van der Waals surface area contributed by atoms with E-state index in [0.717, 1.165) is 22.5 Å². The van der Waals surface area contributed by atoms with Gasteiger partial charge in [0.05, 0.1) is 12.0 Å². The lowest BCUT2D eigenvalue weighted by Gasteiger charge is -2.12. The summed E-state index contributed by atoms with van der Waals surface area (Å²) in [4.78, 5) is 12.9. The van der Waals surface area contributed by atoms with E-state index in [9.17, 15) is 4.79 Å². The first kappa shape index (κ1) is 22.0. The maximum absolute atomic E-state index is 12.9. The minimum Gasteiger partial charge on any atom is -0.461 e. The van der Waals surface area contributed by atoms with Gasteiger partial charge < -0.3 is 9.73 Å². The van der Waals surface area contributed by atoms with Gasteiger partial charge in [-0.2, -0.15) is 0 Å². The van der Waals surface area contributed by atoms with Gasteiger partial charge in [-0.15, -0.1) is 10.2 Å². The van der Waals surface area contributed by atoms with Gasteiger partial charge in [0.2, 0.25) is 11.7 Å². The number of aromatic nitrogens is 3. The number of anilines is 1. The molecule has 3 aromatic carbocycles. The molecule has 0 unspecified atom stereocenters. The first-order valence-corrected chi connectivity index (χ1v) is 11.9. The van der Waals surface area contributed by atoms with E-state index in [1.165, 1.54) is 11.8 Å². The van der Waals surface area contributed by atoms with Crippen LogP contribution in [0, 0.1) is 0 Å². The number of para-hydroxylation sites is 1. The van der Waals surface area contributed by atoms with Crippen LogP contribution in [0.1, 0.15) is 0 Å². The highest BCUT2D eigenvalue weighted by Gasteiger charge is 2.19. The summed E-state index contributed by atoms with van der Waals surface area (Å²) in [5.74, 6) is 1.14. The fraction of sp³-hybridized carbons (Fsp3) is 0.0385. The maximum Gasteiger partial charge on any atom is 0.234 e. The molecule has 0 radical (unpaired) electrons. The summed E-state index contributed by atoms with van der Waals surface area (Å²) >= 11 is 7.37. The predicted molar refractivity (Wildman–Crippen MR) is 135 cm³/mol. The number of nitrogens with one attached hydrogen (secondary N) is 1. The molecular formula is C26H19ClN4O2S. The van der Waals surface area contributed by atoms with Crippen LogP contribution in [-0.4, -0.2) is 26.4 Å². The monoisotopic (exact) mass is 486 g/mol. The smallest absolute Gasteiger partial charge is 0.234 e. The summed E-state index contributed by atoms with van der Waals surface area (Å²) in [6.45, 7) is 0. The second-order valence-electron chi connectivity index (χ2n) is 7.34. The van der Waals surface area contributed by atoms with Gasteiger partial charge in [0, 0.05) is 22.0 Å². The second-order valence-corrected chi connectivity index (χ2v) is 8.72. The van der Waals surface area contributed by atoms with Gasteiger partial charge in [-0.25, -0.2) is 0 Å². The molecule has 168 valence electrons. The van der Waals surface area contributed by atoms with Gasteiger partial charge in [-0.1, -0.05) is 71.9 Å². The van der Waals surface area contributed by atoms with Crippen LogP contribution in [0.25, 0.3) is 28.4 Å². The number of rotatable bonds is 7. The molecular weight excluding hydrogens is 468 g/mol. The van der Waals surface area contributed by atoms with Crippen molar-refractivity contribution >= 4 is 35.0 Å².